The molecule has 3 aromatic carbocycles. The number of carbonyl (C=O) groups excluding carboxylic acids is 2. The first kappa shape index (κ1) is 32.3. The van der Waals surface area contributed by atoms with Crippen LogP contribution in [-0.2, 0) is 22.4 Å². The molecule has 228 valence electrons. The van der Waals surface area contributed by atoms with Crippen molar-refractivity contribution >= 4 is 29.5 Å². The number of thioether (sulfide) groups is 1. The van der Waals surface area contributed by atoms with Crippen molar-refractivity contribution in [3.05, 3.63) is 95.1 Å². The van der Waals surface area contributed by atoms with Crippen LogP contribution in [0.25, 0.3) is 11.1 Å². The van der Waals surface area contributed by atoms with E-state index in [-0.39, 0.29) is 5.91 Å². The van der Waals surface area contributed by atoms with Gasteiger partial charge in [0, 0.05) is 18.7 Å². The van der Waals surface area contributed by atoms with Gasteiger partial charge in [-0.15, -0.1) is 0 Å². The third-order valence-corrected chi connectivity index (χ3v) is 9.05. The number of carboxylic acid groups (broad SMARTS) is 1. The molecular formula is C36H44N2O4S. The van der Waals surface area contributed by atoms with Crippen LogP contribution in [0.3, 0.4) is 0 Å². The van der Waals surface area contributed by atoms with Crippen LogP contribution in [0, 0.1) is 12.8 Å². The minimum atomic E-state index is -1.03. The number of amides is 2. The van der Waals surface area contributed by atoms with Crippen LogP contribution in [0.2, 0.25) is 0 Å². The molecule has 4 rings (SSSR count). The number of hydrogen-bond acceptors (Lipinski definition) is 4. The lowest BCUT2D eigenvalue weighted by atomic mass is 9.88. The van der Waals surface area contributed by atoms with Crippen molar-refractivity contribution in [2.75, 3.05) is 25.1 Å². The smallest absolute Gasteiger partial charge is 0.326 e. The summed E-state index contributed by atoms with van der Waals surface area (Å²) in [6, 6.07) is 22.7. The zero-order valence-corrected chi connectivity index (χ0v) is 26.2. The van der Waals surface area contributed by atoms with Gasteiger partial charge in [0.05, 0.1) is 6.42 Å². The van der Waals surface area contributed by atoms with Crippen LogP contribution in [0.5, 0.6) is 0 Å². The summed E-state index contributed by atoms with van der Waals surface area (Å²) in [6.45, 7) is 3.40. The highest BCUT2D eigenvalue weighted by Crippen LogP contribution is 2.29. The molecule has 1 aliphatic rings. The van der Waals surface area contributed by atoms with Crippen LogP contribution in [0.4, 0.5) is 0 Å². The number of benzene rings is 3. The molecule has 0 aromatic heterocycles. The molecule has 2 amide bonds. The maximum Gasteiger partial charge on any atom is 0.326 e. The average molecular weight is 601 g/mol. The van der Waals surface area contributed by atoms with E-state index in [9.17, 15) is 19.5 Å². The lowest BCUT2D eigenvalue weighted by Crippen LogP contribution is -2.41. The first-order valence-electron chi connectivity index (χ1n) is 15.4. The summed E-state index contributed by atoms with van der Waals surface area (Å²) >= 11 is 1.55. The van der Waals surface area contributed by atoms with E-state index >= 15 is 0 Å². The third kappa shape index (κ3) is 9.45. The number of aliphatic carboxylic acids is 1. The Hall–Kier alpha value is -3.58. The monoisotopic (exact) mass is 600 g/mol. The molecule has 0 heterocycles. The third-order valence-electron chi connectivity index (χ3n) is 8.40. The summed E-state index contributed by atoms with van der Waals surface area (Å²) in [5.74, 6) is -0.0987. The molecule has 1 unspecified atom stereocenters. The Morgan fingerprint density at radius 1 is 0.930 bits per heavy atom. The number of carbonyl (C=O) groups is 3. The van der Waals surface area contributed by atoms with Crippen molar-refractivity contribution in [1.82, 2.24) is 10.2 Å². The fraction of sp³-hybridized carbons (Fsp3) is 0.417. The number of hydrogen-bond donors (Lipinski definition) is 2. The molecule has 1 saturated carbocycles. The highest BCUT2D eigenvalue weighted by molar-refractivity contribution is 7.98. The van der Waals surface area contributed by atoms with E-state index in [1.807, 2.05) is 84.8 Å². The lowest BCUT2D eigenvalue weighted by Gasteiger charge is -2.30. The molecule has 0 aliphatic heterocycles. The molecule has 0 radical (unpaired) electrons. The normalized spacial score (nSPS) is 14.2. The van der Waals surface area contributed by atoms with Crippen molar-refractivity contribution < 1.29 is 19.5 Å². The van der Waals surface area contributed by atoms with Gasteiger partial charge in [-0.2, -0.15) is 11.8 Å². The van der Waals surface area contributed by atoms with Gasteiger partial charge < -0.3 is 15.3 Å². The molecule has 6 nitrogen and oxygen atoms in total. The van der Waals surface area contributed by atoms with Crippen LogP contribution >= 0.6 is 11.8 Å². The van der Waals surface area contributed by atoms with Gasteiger partial charge in [-0.05, 0) is 84.4 Å². The number of nitrogens with one attached hydrogen (secondary N) is 1. The van der Waals surface area contributed by atoms with E-state index in [0.29, 0.717) is 43.0 Å². The Kier molecular flexibility index (Phi) is 12.3. The first-order chi connectivity index (χ1) is 20.9. The maximum absolute atomic E-state index is 13.5. The number of carboxylic acids is 1. The zero-order valence-electron chi connectivity index (χ0n) is 25.4. The molecule has 0 saturated heterocycles. The largest absolute Gasteiger partial charge is 0.480 e. The summed E-state index contributed by atoms with van der Waals surface area (Å²) < 4.78 is 0. The molecule has 1 fully saturated rings. The zero-order chi connectivity index (χ0) is 30.6. The van der Waals surface area contributed by atoms with Gasteiger partial charge in [-0.25, -0.2) is 4.79 Å². The summed E-state index contributed by atoms with van der Waals surface area (Å²) in [5, 5.41) is 12.4. The molecular weight excluding hydrogens is 556 g/mol. The molecule has 0 bridgehead atoms. The molecule has 0 spiro atoms. The molecule has 7 heteroatoms. The lowest BCUT2D eigenvalue weighted by molar-refractivity contribution is -0.139. The van der Waals surface area contributed by atoms with E-state index < -0.39 is 17.9 Å². The predicted molar refractivity (Wildman–Crippen MR) is 176 cm³/mol. The highest BCUT2D eigenvalue weighted by atomic mass is 32.2. The van der Waals surface area contributed by atoms with Crippen molar-refractivity contribution in [1.29, 1.82) is 0 Å². The Labute approximate surface area is 260 Å². The van der Waals surface area contributed by atoms with Crippen molar-refractivity contribution in [3.63, 3.8) is 0 Å². The Balaban J connectivity index is 1.57. The quantitative estimate of drug-likeness (QED) is 0.213. The van der Waals surface area contributed by atoms with E-state index in [0.717, 1.165) is 34.4 Å². The Morgan fingerprint density at radius 2 is 1.65 bits per heavy atom. The SMILES string of the molecule is CSCCC(NC(=O)c1ccc(CCN(CC2CCCCC2)C(=O)Cc2ccccc2)cc1-c1ccccc1C)C(=O)O. The summed E-state index contributed by atoms with van der Waals surface area (Å²) in [7, 11) is 0. The Bertz CT molecular complexity index is 1370. The van der Waals surface area contributed by atoms with E-state index in [4.69, 9.17) is 0 Å². The molecule has 1 atom stereocenters. The van der Waals surface area contributed by atoms with Gasteiger partial charge in [0.2, 0.25) is 5.91 Å². The van der Waals surface area contributed by atoms with Gasteiger partial charge >= 0.3 is 5.97 Å². The minimum absolute atomic E-state index is 0.150. The summed E-state index contributed by atoms with van der Waals surface area (Å²) in [6.07, 6.45) is 9.41. The Morgan fingerprint density at radius 3 is 2.35 bits per heavy atom. The second kappa shape index (κ2) is 16.3. The van der Waals surface area contributed by atoms with Gasteiger partial charge in [0.15, 0.2) is 0 Å². The molecule has 2 N–H and O–H groups in total. The van der Waals surface area contributed by atoms with Gasteiger partial charge in [-0.3, -0.25) is 9.59 Å². The van der Waals surface area contributed by atoms with E-state index in [1.165, 1.54) is 32.1 Å². The molecule has 1 aliphatic carbocycles. The fourth-order valence-corrected chi connectivity index (χ4v) is 6.39. The van der Waals surface area contributed by atoms with Crippen molar-refractivity contribution in [3.8, 4) is 11.1 Å². The second-order valence-corrected chi connectivity index (χ2v) is 12.6. The van der Waals surface area contributed by atoms with Gasteiger partial charge in [0.25, 0.3) is 5.91 Å². The van der Waals surface area contributed by atoms with Gasteiger partial charge in [-0.1, -0.05) is 86.0 Å². The van der Waals surface area contributed by atoms with E-state index in [2.05, 4.69) is 5.32 Å². The van der Waals surface area contributed by atoms with E-state index in [1.54, 1.807) is 17.8 Å². The average Bonchev–Trinajstić information content (AvgIpc) is 3.02. The molecule has 43 heavy (non-hydrogen) atoms. The summed E-state index contributed by atoms with van der Waals surface area (Å²) in [5.41, 5.74) is 5.25. The number of rotatable bonds is 14. The van der Waals surface area contributed by atoms with Crippen molar-refractivity contribution in [2.45, 2.75) is 64.3 Å². The van der Waals surface area contributed by atoms with Crippen LogP contribution in [0.15, 0.2) is 72.8 Å². The second-order valence-electron chi connectivity index (χ2n) is 11.6. The van der Waals surface area contributed by atoms with Crippen LogP contribution < -0.4 is 5.32 Å². The maximum atomic E-state index is 13.5. The standard InChI is InChI=1S/C36H44N2O4S/c1-26-11-9-10-16-30(26)32-23-28(17-18-31(32)35(40)37-33(36(41)42)20-22-43-2)19-21-38(25-29-14-7-4-8-15-29)34(39)24-27-12-5-3-6-13-27/h3,5-6,9-13,16-18,23,29,33H,4,7-8,14-15,19-22,24-25H2,1-2H3,(H,37,40)(H,41,42). The fourth-order valence-electron chi connectivity index (χ4n) is 5.92. The number of nitrogens with zero attached hydrogens (tertiary/aromatic N) is 1. The first-order valence-corrected chi connectivity index (χ1v) is 16.8. The van der Waals surface area contributed by atoms with Crippen molar-refractivity contribution in [2.24, 2.45) is 5.92 Å². The summed E-state index contributed by atoms with van der Waals surface area (Å²) in [4.78, 5) is 40.9. The minimum Gasteiger partial charge on any atom is -0.480 e. The number of aryl methyl sites for hydroxylation is 1. The topological polar surface area (TPSA) is 86.7 Å². The predicted octanol–water partition coefficient (Wildman–Crippen LogP) is 6.79. The molecule has 3 aromatic rings. The van der Waals surface area contributed by atoms with Crippen LogP contribution in [-0.4, -0.2) is 58.9 Å². The van der Waals surface area contributed by atoms with Crippen LogP contribution in [0.1, 0.15) is 65.6 Å². The van der Waals surface area contributed by atoms with Gasteiger partial charge in [0.1, 0.15) is 6.04 Å². The highest BCUT2D eigenvalue weighted by Gasteiger charge is 2.24.